The van der Waals surface area contributed by atoms with E-state index >= 15 is 0 Å². The molecule has 1 aromatic carbocycles. The number of amides is 1. The summed E-state index contributed by atoms with van der Waals surface area (Å²) in [7, 11) is 0. The van der Waals surface area contributed by atoms with Crippen LogP contribution >= 0.6 is 0 Å². The molecule has 1 heterocycles. The van der Waals surface area contributed by atoms with Gasteiger partial charge in [0, 0.05) is 31.2 Å². The molecule has 1 aromatic rings. The number of piperidine rings is 1. The molecule has 1 aliphatic rings. The first-order chi connectivity index (χ1) is 10.3. The van der Waals surface area contributed by atoms with E-state index in [2.05, 4.69) is 5.32 Å². The first-order valence-corrected chi connectivity index (χ1v) is 7.20. The molecule has 2 rings (SSSR count). The van der Waals surface area contributed by atoms with Crippen LogP contribution in [0, 0.1) is 5.82 Å². The third kappa shape index (κ3) is 5.20. The summed E-state index contributed by atoms with van der Waals surface area (Å²) < 4.78 is 49.3. The minimum Gasteiger partial charge on any atom is -0.381 e. The second kappa shape index (κ2) is 6.98. The fourth-order valence-corrected chi connectivity index (χ4v) is 2.51. The number of carbonyl (C=O) groups excluding carboxylic acids is 1. The Balaban J connectivity index is 1.85. The smallest absolute Gasteiger partial charge is 0.381 e. The number of likely N-dealkylation sites (tertiary alicyclic amines) is 1. The second-order valence-corrected chi connectivity index (χ2v) is 5.45. The number of rotatable bonds is 4. The molecule has 0 aliphatic carbocycles. The number of hydrogen-bond acceptors (Lipinski definition) is 2. The lowest BCUT2D eigenvalue weighted by Crippen LogP contribution is -2.45. The van der Waals surface area contributed by atoms with Crippen LogP contribution in [0.4, 0.5) is 23.2 Å². The second-order valence-electron chi connectivity index (χ2n) is 5.45. The van der Waals surface area contributed by atoms with Crippen LogP contribution in [0.2, 0.25) is 0 Å². The average Bonchev–Trinajstić information content (AvgIpc) is 2.47. The van der Waals surface area contributed by atoms with Crippen LogP contribution in [0.5, 0.6) is 0 Å². The van der Waals surface area contributed by atoms with Gasteiger partial charge in [-0.25, -0.2) is 4.39 Å². The molecule has 1 saturated heterocycles. The van der Waals surface area contributed by atoms with Gasteiger partial charge in [0.2, 0.25) is 5.91 Å². The highest BCUT2D eigenvalue weighted by molar-refractivity contribution is 5.76. The summed E-state index contributed by atoms with van der Waals surface area (Å²) in [6.07, 6.45) is -4.35. The molecule has 22 heavy (non-hydrogen) atoms. The van der Waals surface area contributed by atoms with Crippen molar-refractivity contribution in [3.8, 4) is 0 Å². The molecule has 0 spiro atoms. The zero-order chi connectivity index (χ0) is 16.2. The van der Waals surface area contributed by atoms with Gasteiger partial charge in [-0.2, -0.15) is 13.2 Å². The standard InChI is InChI=1S/C15H18F4N2O/c16-11-3-5-12(6-4-11)20-13-2-1-9-21(10-13)14(22)7-8-15(17,18)19/h3-6,13,20H,1-2,7-10H2. The highest BCUT2D eigenvalue weighted by atomic mass is 19.4. The molecule has 122 valence electrons. The molecule has 0 saturated carbocycles. The van der Waals surface area contributed by atoms with Crippen molar-refractivity contribution in [1.82, 2.24) is 4.90 Å². The summed E-state index contributed by atoms with van der Waals surface area (Å²) in [5.41, 5.74) is 0.732. The number of anilines is 1. The summed E-state index contributed by atoms with van der Waals surface area (Å²) in [4.78, 5) is 13.3. The lowest BCUT2D eigenvalue weighted by Gasteiger charge is -2.34. The molecule has 7 heteroatoms. The largest absolute Gasteiger partial charge is 0.389 e. The van der Waals surface area contributed by atoms with Gasteiger partial charge in [0.1, 0.15) is 5.82 Å². The molecule has 1 N–H and O–H groups in total. The number of carbonyl (C=O) groups is 1. The Hall–Kier alpha value is -1.79. The maximum absolute atomic E-state index is 12.8. The van der Waals surface area contributed by atoms with E-state index in [1.165, 1.54) is 17.0 Å². The lowest BCUT2D eigenvalue weighted by molar-refractivity contribution is -0.149. The van der Waals surface area contributed by atoms with E-state index in [4.69, 9.17) is 0 Å². The fraction of sp³-hybridized carbons (Fsp3) is 0.533. The maximum atomic E-state index is 12.8. The van der Waals surface area contributed by atoms with E-state index < -0.39 is 24.9 Å². The molecule has 1 amide bonds. The third-order valence-corrected chi connectivity index (χ3v) is 3.61. The van der Waals surface area contributed by atoms with Gasteiger partial charge in [0.15, 0.2) is 0 Å². The van der Waals surface area contributed by atoms with Crippen molar-refractivity contribution < 1.29 is 22.4 Å². The van der Waals surface area contributed by atoms with Crippen molar-refractivity contribution in [3.63, 3.8) is 0 Å². The molecular formula is C15H18F4N2O. The Kier molecular flexibility index (Phi) is 5.26. The number of benzene rings is 1. The molecule has 1 aliphatic heterocycles. The molecule has 0 radical (unpaired) electrons. The maximum Gasteiger partial charge on any atom is 0.389 e. The quantitative estimate of drug-likeness (QED) is 0.861. The van der Waals surface area contributed by atoms with E-state index in [0.29, 0.717) is 13.1 Å². The van der Waals surface area contributed by atoms with Crippen molar-refractivity contribution >= 4 is 11.6 Å². The Morgan fingerprint density at radius 1 is 1.27 bits per heavy atom. The molecule has 0 bridgehead atoms. The predicted octanol–water partition coefficient (Wildman–Crippen LogP) is 3.57. The predicted molar refractivity (Wildman–Crippen MR) is 74.9 cm³/mol. The first-order valence-electron chi connectivity index (χ1n) is 7.20. The van der Waals surface area contributed by atoms with E-state index in [-0.39, 0.29) is 11.9 Å². The monoisotopic (exact) mass is 318 g/mol. The summed E-state index contributed by atoms with van der Waals surface area (Å²) in [6, 6.07) is 5.82. The zero-order valence-corrected chi connectivity index (χ0v) is 12.0. The summed E-state index contributed by atoms with van der Waals surface area (Å²) in [5, 5.41) is 3.18. The molecular weight excluding hydrogens is 300 g/mol. The number of nitrogens with zero attached hydrogens (tertiary/aromatic N) is 1. The number of halogens is 4. The molecule has 0 aromatic heterocycles. The van der Waals surface area contributed by atoms with Crippen LogP contribution in [0.3, 0.4) is 0 Å². The summed E-state index contributed by atoms with van der Waals surface area (Å²) in [5.74, 6) is -0.805. The minimum atomic E-state index is -4.31. The molecule has 3 nitrogen and oxygen atoms in total. The Bertz CT molecular complexity index is 501. The van der Waals surface area contributed by atoms with Gasteiger partial charge in [0.25, 0.3) is 0 Å². The highest BCUT2D eigenvalue weighted by Gasteiger charge is 2.30. The van der Waals surface area contributed by atoms with E-state index in [9.17, 15) is 22.4 Å². The first kappa shape index (κ1) is 16.6. The molecule has 1 atom stereocenters. The van der Waals surface area contributed by atoms with Gasteiger partial charge < -0.3 is 10.2 Å². The summed E-state index contributed by atoms with van der Waals surface area (Å²) in [6.45, 7) is 0.854. The number of nitrogens with one attached hydrogen (secondary N) is 1. The minimum absolute atomic E-state index is 0.0333. The van der Waals surface area contributed by atoms with Gasteiger partial charge in [-0.15, -0.1) is 0 Å². The average molecular weight is 318 g/mol. The summed E-state index contributed by atoms with van der Waals surface area (Å²) >= 11 is 0. The third-order valence-electron chi connectivity index (χ3n) is 3.61. The molecule has 1 fully saturated rings. The van der Waals surface area contributed by atoms with Gasteiger partial charge in [-0.05, 0) is 37.1 Å². The van der Waals surface area contributed by atoms with Crippen LogP contribution in [0.1, 0.15) is 25.7 Å². The Morgan fingerprint density at radius 3 is 2.59 bits per heavy atom. The van der Waals surface area contributed by atoms with Crippen molar-refractivity contribution in [2.24, 2.45) is 0 Å². The Morgan fingerprint density at radius 2 is 1.95 bits per heavy atom. The Labute approximate surface area is 126 Å². The van der Waals surface area contributed by atoms with Gasteiger partial charge in [0.05, 0.1) is 6.42 Å². The lowest BCUT2D eigenvalue weighted by atomic mass is 10.0. The van der Waals surface area contributed by atoms with E-state index in [0.717, 1.165) is 18.5 Å². The number of hydrogen-bond donors (Lipinski definition) is 1. The van der Waals surface area contributed by atoms with Crippen LogP contribution in [0.25, 0.3) is 0 Å². The van der Waals surface area contributed by atoms with Crippen LogP contribution in [-0.4, -0.2) is 36.1 Å². The van der Waals surface area contributed by atoms with E-state index in [1.54, 1.807) is 12.1 Å². The van der Waals surface area contributed by atoms with Crippen molar-refractivity contribution in [1.29, 1.82) is 0 Å². The van der Waals surface area contributed by atoms with Gasteiger partial charge in [-0.1, -0.05) is 0 Å². The van der Waals surface area contributed by atoms with Crippen LogP contribution in [0.15, 0.2) is 24.3 Å². The normalized spacial score (nSPS) is 19.1. The number of alkyl halides is 3. The SMILES string of the molecule is O=C(CCC(F)(F)F)N1CCCC(Nc2ccc(F)cc2)C1. The fourth-order valence-electron chi connectivity index (χ4n) is 2.51. The van der Waals surface area contributed by atoms with Crippen LogP contribution in [-0.2, 0) is 4.79 Å². The van der Waals surface area contributed by atoms with Gasteiger partial charge >= 0.3 is 6.18 Å². The van der Waals surface area contributed by atoms with Crippen molar-refractivity contribution in [2.45, 2.75) is 37.9 Å². The zero-order valence-electron chi connectivity index (χ0n) is 12.0. The molecule has 1 unspecified atom stereocenters. The van der Waals surface area contributed by atoms with E-state index in [1.807, 2.05) is 0 Å². The van der Waals surface area contributed by atoms with Crippen molar-refractivity contribution in [2.75, 3.05) is 18.4 Å². The van der Waals surface area contributed by atoms with Crippen molar-refractivity contribution in [3.05, 3.63) is 30.1 Å². The van der Waals surface area contributed by atoms with Crippen LogP contribution < -0.4 is 5.32 Å². The topological polar surface area (TPSA) is 32.3 Å². The highest BCUT2D eigenvalue weighted by Crippen LogP contribution is 2.23. The van der Waals surface area contributed by atoms with Gasteiger partial charge in [-0.3, -0.25) is 4.79 Å².